The summed E-state index contributed by atoms with van der Waals surface area (Å²) in [6, 6.07) is 6.95. The van der Waals surface area contributed by atoms with E-state index in [4.69, 9.17) is 0 Å². The highest BCUT2D eigenvalue weighted by Crippen LogP contribution is 2.11. The zero-order chi connectivity index (χ0) is 9.68. The number of carbonyl (C=O) groups is 1. The normalized spacial score (nSPS) is 9.69. The first kappa shape index (κ1) is 10.2. The third-order valence-corrected chi connectivity index (χ3v) is 1.96. The van der Waals surface area contributed by atoms with Crippen LogP contribution in [0.1, 0.15) is 10.4 Å². The van der Waals surface area contributed by atoms with Crippen LogP contribution in [0, 0.1) is 0 Å². The molecule has 0 fully saturated rings. The number of rotatable bonds is 3. The summed E-state index contributed by atoms with van der Waals surface area (Å²) in [6.07, 6.45) is 0. The molecule has 0 saturated carbocycles. The van der Waals surface area contributed by atoms with Crippen molar-refractivity contribution in [1.82, 2.24) is 5.32 Å². The van der Waals surface area contributed by atoms with Gasteiger partial charge >= 0.3 is 0 Å². The minimum atomic E-state index is -0.542. The van der Waals surface area contributed by atoms with Gasteiger partial charge in [0.25, 0.3) is 5.91 Å². The minimum absolute atomic E-state index is 0.0609. The van der Waals surface area contributed by atoms with Gasteiger partial charge in [-0.15, -0.1) is 0 Å². The van der Waals surface area contributed by atoms with Crippen LogP contribution in [-0.4, -0.2) is 19.1 Å². The lowest BCUT2D eigenvalue weighted by molar-refractivity contribution is 0.0951. The van der Waals surface area contributed by atoms with Gasteiger partial charge in [-0.25, -0.2) is 4.39 Å². The number of benzene rings is 1. The van der Waals surface area contributed by atoms with Crippen LogP contribution in [-0.2, 0) is 0 Å². The number of amides is 1. The lowest BCUT2D eigenvalue weighted by Crippen LogP contribution is -2.25. The average Bonchev–Trinajstić information content (AvgIpc) is 2.14. The van der Waals surface area contributed by atoms with Crippen molar-refractivity contribution in [1.29, 1.82) is 0 Å². The van der Waals surface area contributed by atoms with Crippen LogP contribution >= 0.6 is 15.9 Å². The fraction of sp³-hybridized carbons (Fsp3) is 0.222. The molecule has 0 bridgehead atoms. The van der Waals surface area contributed by atoms with Crippen LogP contribution in [0.25, 0.3) is 0 Å². The summed E-state index contributed by atoms with van der Waals surface area (Å²) in [6.45, 7) is -0.481. The third kappa shape index (κ3) is 3.14. The van der Waals surface area contributed by atoms with Crippen LogP contribution in [0.5, 0.6) is 0 Å². The van der Waals surface area contributed by atoms with Gasteiger partial charge in [0, 0.05) is 16.6 Å². The molecular formula is C9H9BrFNO. The van der Waals surface area contributed by atoms with E-state index in [1.807, 2.05) is 6.07 Å². The van der Waals surface area contributed by atoms with Crippen LogP contribution in [0.2, 0.25) is 0 Å². The van der Waals surface area contributed by atoms with E-state index in [0.29, 0.717) is 5.56 Å². The molecule has 0 aliphatic heterocycles. The standard InChI is InChI=1S/C9H9BrFNO/c10-8-3-1-2-7(6-8)9(13)12-5-4-11/h1-3,6H,4-5H2,(H,12,13). The Balaban J connectivity index is 2.66. The highest BCUT2D eigenvalue weighted by Gasteiger charge is 2.03. The molecular weight excluding hydrogens is 237 g/mol. The lowest BCUT2D eigenvalue weighted by atomic mass is 10.2. The lowest BCUT2D eigenvalue weighted by Gasteiger charge is -2.02. The molecule has 13 heavy (non-hydrogen) atoms. The van der Waals surface area contributed by atoms with Gasteiger partial charge in [-0.3, -0.25) is 4.79 Å². The van der Waals surface area contributed by atoms with Gasteiger partial charge < -0.3 is 5.32 Å². The molecule has 0 unspecified atom stereocenters. The minimum Gasteiger partial charge on any atom is -0.349 e. The molecule has 0 aliphatic carbocycles. The van der Waals surface area contributed by atoms with Crippen molar-refractivity contribution >= 4 is 21.8 Å². The second kappa shape index (κ2) is 4.97. The molecule has 1 amide bonds. The topological polar surface area (TPSA) is 29.1 Å². The van der Waals surface area contributed by atoms with Crippen LogP contribution in [0.3, 0.4) is 0 Å². The fourth-order valence-corrected chi connectivity index (χ4v) is 1.29. The molecule has 0 atom stereocenters. The molecule has 0 spiro atoms. The molecule has 1 N–H and O–H groups in total. The summed E-state index contributed by atoms with van der Waals surface area (Å²) in [5.41, 5.74) is 0.530. The van der Waals surface area contributed by atoms with Crippen molar-refractivity contribution in [3.63, 3.8) is 0 Å². The van der Waals surface area contributed by atoms with Crippen molar-refractivity contribution in [3.8, 4) is 0 Å². The first-order valence-electron chi connectivity index (χ1n) is 3.84. The summed E-state index contributed by atoms with van der Waals surface area (Å²) >= 11 is 3.24. The molecule has 1 aromatic carbocycles. The van der Waals surface area contributed by atoms with Gasteiger partial charge in [0.2, 0.25) is 0 Å². The van der Waals surface area contributed by atoms with E-state index < -0.39 is 6.67 Å². The van der Waals surface area contributed by atoms with E-state index >= 15 is 0 Å². The number of halogens is 2. The molecule has 1 rings (SSSR count). The van der Waals surface area contributed by atoms with Crippen LogP contribution in [0.15, 0.2) is 28.7 Å². The molecule has 2 nitrogen and oxygen atoms in total. The number of nitrogens with one attached hydrogen (secondary N) is 1. The molecule has 4 heteroatoms. The van der Waals surface area contributed by atoms with Gasteiger partial charge in [0.05, 0.1) is 0 Å². The maximum absolute atomic E-state index is 11.7. The van der Waals surface area contributed by atoms with E-state index in [1.165, 1.54) is 0 Å². The van der Waals surface area contributed by atoms with Crippen molar-refractivity contribution in [3.05, 3.63) is 34.3 Å². The predicted molar refractivity (Wildman–Crippen MR) is 52.5 cm³/mol. The Morgan fingerprint density at radius 2 is 2.31 bits per heavy atom. The first-order valence-corrected chi connectivity index (χ1v) is 4.63. The summed E-state index contributed by atoms with van der Waals surface area (Å²) in [4.78, 5) is 11.3. The van der Waals surface area contributed by atoms with E-state index in [1.54, 1.807) is 18.2 Å². The predicted octanol–water partition coefficient (Wildman–Crippen LogP) is 2.15. The summed E-state index contributed by atoms with van der Waals surface area (Å²) in [5.74, 6) is -0.251. The molecule has 70 valence electrons. The largest absolute Gasteiger partial charge is 0.349 e. The highest BCUT2D eigenvalue weighted by molar-refractivity contribution is 9.10. The van der Waals surface area contributed by atoms with Gasteiger partial charge in [-0.2, -0.15) is 0 Å². The van der Waals surface area contributed by atoms with E-state index in [9.17, 15) is 9.18 Å². The van der Waals surface area contributed by atoms with Crippen molar-refractivity contribution in [2.24, 2.45) is 0 Å². The quantitative estimate of drug-likeness (QED) is 0.869. The second-order valence-corrected chi connectivity index (χ2v) is 3.37. The van der Waals surface area contributed by atoms with E-state index in [0.717, 1.165) is 4.47 Å². The Labute approximate surface area is 84.3 Å². The third-order valence-electron chi connectivity index (χ3n) is 1.47. The second-order valence-electron chi connectivity index (χ2n) is 2.46. The van der Waals surface area contributed by atoms with Gasteiger partial charge in [-0.1, -0.05) is 22.0 Å². The van der Waals surface area contributed by atoms with E-state index in [-0.39, 0.29) is 12.5 Å². The van der Waals surface area contributed by atoms with Crippen molar-refractivity contribution < 1.29 is 9.18 Å². The van der Waals surface area contributed by atoms with Crippen LogP contribution < -0.4 is 5.32 Å². The number of hydrogen-bond donors (Lipinski definition) is 1. The number of carbonyl (C=O) groups excluding carboxylic acids is 1. The zero-order valence-corrected chi connectivity index (χ0v) is 8.47. The Morgan fingerprint density at radius 1 is 1.54 bits per heavy atom. The fourth-order valence-electron chi connectivity index (χ4n) is 0.893. The maximum atomic E-state index is 11.7. The van der Waals surface area contributed by atoms with Gasteiger partial charge in [-0.05, 0) is 18.2 Å². The molecule has 0 aliphatic rings. The molecule has 0 heterocycles. The highest BCUT2D eigenvalue weighted by atomic mass is 79.9. The monoisotopic (exact) mass is 245 g/mol. The molecule has 0 saturated heterocycles. The van der Waals surface area contributed by atoms with Crippen molar-refractivity contribution in [2.75, 3.05) is 13.2 Å². The molecule has 1 aromatic rings. The smallest absolute Gasteiger partial charge is 0.251 e. The van der Waals surface area contributed by atoms with E-state index in [2.05, 4.69) is 21.2 Å². The van der Waals surface area contributed by atoms with Gasteiger partial charge in [0.15, 0.2) is 0 Å². The molecule has 0 radical (unpaired) electrons. The average molecular weight is 246 g/mol. The summed E-state index contributed by atoms with van der Waals surface area (Å²) < 4.78 is 12.6. The Hall–Kier alpha value is -0.900. The number of alkyl halides is 1. The zero-order valence-electron chi connectivity index (χ0n) is 6.89. The van der Waals surface area contributed by atoms with Crippen LogP contribution in [0.4, 0.5) is 4.39 Å². The Bertz CT molecular complexity index is 303. The van der Waals surface area contributed by atoms with Gasteiger partial charge in [0.1, 0.15) is 6.67 Å². The van der Waals surface area contributed by atoms with Crippen molar-refractivity contribution in [2.45, 2.75) is 0 Å². The summed E-state index contributed by atoms with van der Waals surface area (Å²) in [5, 5.41) is 2.44. The summed E-state index contributed by atoms with van der Waals surface area (Å²) in [7, 11) is 0. The first-order chi connectivity index (χ1) is 6.24. The molecule has 0 aromatic heterocycles. The Morgan fingerprint density at radius 3 is 2.92 bits per heavy atom. The SMILES string of the molecule is O=C(NCCF)c1cccc(Br)c1. The maximum Gasteiger partial charge on any atom is 0.251 e. The Kier molecular flexibility index (Phi) is 3.89. The number of hydrogen-bond acceptors (Lipinski definition) is 1.